The van der Waals surface area contributed by atoms with Gasteiger partial charge in [0.15, 0.2) is 0 Å². The summed E-state index contributed by atoms with van der Waals surface area (Å²) in [5.74, 6) is -1.28. The van der Waals surface area contributed by atoms with Crippen molar-refractivity contribution < 1.29 is 27.2 Å². The molecule has 1 atom stereocenters. The maximum absolute atomic E-state index is 14.0. The Kier molecular flexibility index (Phi) is 8.47. The molecule has 2 heterocycles. The molecule has 1 aromatic heterocycles. The van der Waals surface area contributed by atoms with Crippen LogP contribution in [0.3, 0.4) is 0 Å². The van der Waals surface area contributed by atoms with E-state index in [2.05, 4.69) is 16.0 Å². The Hall–Kier alpha value is -2.90. The molecule has 0 bridgehead atoms. The molecule has 0 saturated carbocycles. The van der Waals surface area contributed by atoms with Gasteiger partial charge in [0.1, 0.15) is 11.5 Å². The number of carbonyl (C=O) groups excluding carboxylic acids is 3. The fraction of sp³-hybridized carbons (Fsp3) is 0.500. The first-order valence-corrected chi connectivity index (χ1v) is 13.2. The number of urea groups is 1. The molecule has 14 heteroatoms. The van der Waals surface area contributed by atoms with Crippen LogP contribution >= 0.6 is 11.6 Å². The lowest BCUT2D eigenvalue weighted by Crippen LogP contribution is -2.61. The summed E-state index contributed by atoms with van der Waals surface area (Å²) in [4.78, 5) is 36.9. The van der Waals surface area contributed by atoms with Crippen LogP contribution in [-0.4, -0.2) is 67.9 Å². The summed E-state index contributed by atoms with van der Waals surface area (Å²) in [5.41, 5.74) is -0.235. The molecule has 1 saturated heterocycles. The Morgan fingerprint density at radius 2 is 1.92 bits per heavy atom. The van der Waals surface area contributed by atoms with Crippen LogP contribution in [0.25, 0.3) is 10.9 Å². The molecule has 2 aromatic rings. The SMILES string of the molecule is CNC(=O)CCCC1(NC(=O)c2cc3c(Cl)c(F)ccc3n2C)CCCN(S(=O)(=O)NC(=O)NC)C1. The Balaban J connectivity index is 1.91. The number of halogens is 2. The number of hydrogen-bond acceptors (Lipinski definition) is 5. The fourth-order valence-electron chi connectivity index (χ4n) is 4.48. The zero-order valence-corrected chi connectivity index (χ0v) is 21.9. The predicted molar refractivity (Wildman–Crippen MR) is 133 cm³/mol. The molecule has 11 nitrogen and oxygen atoms in total. The van der Waals surface area contributed by atoms with Gasteiger partial charge in [-0.05, 0) is 43.9 Å². The zero-order chi connectivity index (χ0) is 26.7. The predicted octanol–water partition coefficient (Wildman–Crippen LogP) is 1.63. The van der Waals surface area contributed by atoms with Crippen molar-refractivity contribution in [2.75, 3.05) is 27.2 Å². The van der Waals surface area contributed by atoms with E-state index in [1.54, 1.807) is 11.6 Å². The second-order valence-electron chi connectivity index (χ2n) is 8.77. The van der Waals surface area contributed by atoms with Crippen LogP contribution in [0.1, 0.15) is 42.6 Å². The minimum Gasteiger partial charge on any atom is -0.359 e. The smallest absolute Gasteiger partial charge is 0.329 e. The molecule has 3 rings (SSSR count). The summed E-state index contributed by atoms with van der Waals surface area (Å²) < 4.78 is 44.2. The number of benzene rings is 1. The van der Waals surface area contributed by atoms with Crippen molar-refractivity contribution in [2.24, 2.45) is 7.05 Å². The van der Waals surface area contributed by atoms with E-state index in [1.807, 2.05) is 4.72 Å². The maximum Gasteiger partial charge on any atom is 0.329 e. The minimum absolute atomic E-state index is 0.0991. The summed E-state index contributed by atoms with van der Waals surface area (Å²) >= 11 is 6.10. The zero-order valence-electron chi connectivity index (χ0n) is 20.3. The number of hydrogen-bond donors (Lipinski definition) is 4. The van der Waals surface area contributed by atoms with E-state index in [4.69, 9.17) is 11.6 Å². The van der Waals surface area contributed by atoms with E-state index >= 15 is 0 Å². The number of aryl methyl sites for hydroxylation is 1. The standard InChI is InChI=1S/C22H30ClFN6O5S/c1-25-18(31)6-4-9-22(10-5-11-30(13-22)36(34,35)28-21(33)26-2)27-20(32)17-12-14-16(29(17)3)8-7-15(24)19(14)23/h7-8,12H,4-6,9-11,13H2,1-3H3,(H,25,31)(H,27,32)(H2,26,28,33). The molecule has 4 N–H and O–H groups in total. The van der Waals surface area contributed by atoms with Crippen molar-refractivity contribution in [3.63, 3.8) is 0 Å². The molecular weight excluding hydrogens is 515 g/mol. The van der Waals surface area contributed by atoms with Crippen LogP contribution in [0.4, 0.5) is 9.18 Å². The van der Waals surface area contributed by atoms with E-state index in [-0.39, 0.29) is 36.1 Å². The second kappa shape index (κ2) is 11.0. The van der Waals surface area contributed by atoms with Crippen molar-refractivity contribution >= 4 is 50.6 Å². The minimum atomic E-state index is -4.17. The van der Waals surface area contributed by atoms with Gasteiger partial charge in [-0.2, -0.15) is 12.7 Å². The third-order valence-electron chi connectivity index (χ3n) is 6.39. The summed E-state index contributed by atoms with van der Waals surface area (Å²) in [7, 11) is 0.292. The molecule has 1 aromatic carbocycles. The number of amides is 4. The highest BCUT2D eigenvalue weighted by atomic mass is 35.5. The highest BCUT2D eigenvalue weighted by molar-refractivity contribution is 7.87. The van der Waals surface area contributed by atoms with Crippen LogP contribution in [0.5, 0.6) is 0 Å². The maximum atomic E-state index is 14.0. The highest BCUT2D eigenvalue weighted by Gasteiger charge is 2.41. The molecule has 1 aliphatic rings. The van der Waals surface area contributed by atoms with Gasteiger partial charge in [0.2, 0.25) is 5.91 Å². The lowest BCUT2D eigenvalue weighted by molar-refractivity contribution is -0.120. The van der Waals surface area contributed by atoms with Crippen LogP contribution < -0.4 is 20.7 Å². The largest absolute Gasteiger partial charge is 0.359 e. The number of nitrogens with one attached hydrogen (secondary N) is 4. The fourth-order valence-corrected chi connectivity index (χ4v) is 5.95. The number of carbonyl (C=O) groups is 3. The van der Waals surface area contributed by atoms with Gasteiger partial charge in [0, 0.05) is 46.0 Å². The van der Waals surface area contributed by atoms with Gasteiger partial charge in [-0.25, -0.2) is 13.9 Å². The molecule has 1 aliphatic heterocycles. The molecule has 1 unspecified atom stereocenters. The summed E-state index contributed by atoms with van der Waals surface area (Å²) in [6, 6.07) is 3.34. The Morgan fingerprint density at radius 1 is 1.19 bits per heavy atom. The number of fused-ring (bicyclic) bond motifs is 1. The monoisotopic (exact) mass is 544 g/mol. The summed E-state index contributed by atoms with van der Waals surface area (Å²) in [5, 5.41) is 8.01. The lowest BCUT2D eigenvalue weighted by atomic mass is 9.84. The molecule has 0 spiro atoms. The van der Waals surface area contributed by atoms with Gasteiger partial charge >= 0.3 is 16.2 Å². The highest BCUT2D eigenvalue weighted by Crippen LogP contribution is 2.31. The van der Waals surface area contributed by atoms with E-state index in [9.17, 15) is 27.2 Å². The molecule has 36 heavy (non-hydrogen) atoms. The van der Waals surface area contributed by atoms with Gasteiger partial charge in [-0.1, -0.05) is 11.6 Å². The van der Waals surface area contributed by atoms with E-state index in [0.717, 1.165) is 4.31 Å². The number of aromatic nitrogens is 1. The average Bonchev–Trinajstić information content (AvgIpc) is 3.18. The van der Waals surface area contributed by atoms with Crippen LogP contribution in [-0.2, 0) is 22.1 Å². The number of rotatable bonds is 8. The molecule has 0 aliphatic carbocycles. The van der Waals surface area contributed by atoms with Crippen LogP contribution in [0.15, 0.2) is 18.2 Å². The lowest BCUT2D eigenvalue weighted by Gasteiger charge is -2.42. The first-order chi connectivity index (χ1) is 16.9. The third-order valence-corrected chi connectivity index (χ3v) is 8.21. The van der Waals surface area contributed by atoms with Crippen molar-refractivity contribution in [3.8, 4) is 0 Å². The van der Waals surface area contributed by atoms with Crippen molar-refractivity contribution in [1.29, 1.82) is 0 Å². The van der Waals surface area contributed by atoms with Gasteiger partial charge in [0.25, 0.3) is 5.91 Å². The van der Waals surface area contributed by atoms with Crippen LogP contribution in [0.2, 0.25) is 5.02 Å². The van der Waals surface area contributed by atoms with E-state index in [1.165, 1.54) is 32.3 Å². The topological polar surface area (TPSA) is 142 Å². The number of nitrogens with zero attached hydrogens (tertiary/aromatic N) is 2. The first kappa shape index (κ1) is 27.7. The van der Waals surface area contributed by atoms with E-state index in [0.29, 0.717) is 36.6 Å². The van der Waals surface area contributed by atoms with Gasteiger partial charge < -0.3 is 20.5 Å². The van der Waals surface area contributed by atoms with Crippen molar-refractivity contribution in [2.45, 2.75) is 37.6 Å². The third kappa shape index (κ3) is 5.90. The Bertz CT molecular complexity index is 1280. The molecule has 1 fully saturated rings. The van der Waals surface area contributed by atoms with Crippen molar-refractivity contribution in [1.82, 2.24) is 29.5 Å². The van der Waals surface area contributed by atoms with Gasteiger partial charge in [0.05, 0.1) is 16.1 Å². The second-order valence-corrected chi connectivity index (χ2v) is 10.8. The summed E-state index contributed by atoms with van der Waals surface area (Å²) in [6.07, 6.45) is 1.78. The number of piperidine rings is 1. The molecule has 198 valence electrons. The average molecular weight is 545 g/mol. The van der Waals surface area contributed by atoms with Crippen molar-refractivity contribution in [3.05, 3.63) is 34.7 Å². The first-order valence-electron chi connectivity index (χ1n) is 11.4. The van der Waals surface area contributed by atoms with Gasteiger partial charge in [-0.3, -0.25) is 9.59 Å². The Labute approximate surface area is 213 Å². The molecule has 4 amide bonds. The molecule has 0 radical (unpaired) electrons. The van der Waals surface area contributed by atoms with Gasteiger partial charge in [-0.15, -0.1) is 0 Å². The normalized spacial score (nSPS) is 18.6. The van der Waals surface area contributed by atoms with Crippen LogP contribution in [0, 0.1) is 5.82 Å². The Morgan fingerprint density at radius 3 is 2.58 bits per heavy atom. The summed E-state index contributed by atoms with van der Waals surface area (Å²) in [6.45, 7) is 0.0560. The quantitative estimate of drug-likeness (QED) is 0.399. The molecular formula is C22H30ClFN6O5S. The van der Waals surface area contributed by atoms with E-state index < -0.39 is 33.5 Å².